The van der Waals surface area contributed by atoms with Gasteiger partial charge in [0.25, 0.3) is 6.01 Å². The molecule has 3 aromatic rings. The van der Waals surface area contributed by atoms with Crippen molar-refractivity contribution in [2.75, 3.05) is 25.0 Å². The van der Waals surface area contributed by atoms with Crippen LogP contribution in [0.1, 0.15) is 18.7 Å². The van der Waals surface area contributed by atoms with Crippen LogP contribution in [0.2, 0.25) is 5.02 Å². The molecule has 0 spiro atoms. The monoisotopic (exact) mass is 373 g/mol. The van der Waals surface area contributed by atoms with Crippen LogP contribution in [0.25, 0.3) is 11.1 Å². The normalized spacial score (nSPS) is 17.6. The number of anilines is 1. The predicted octanol–water partition coefficient (Wildman–Crippen LogP) is 3.08. The minimum atomic E-state index is -0.0812. The first-order chi connectivity index (χ1) is 12.6. The van der Waals surface area contributed by atoms with E-state index in [1.807, 2.05) is 18.0 Å². The van der Waals surface area contributed by atoms with E-state index in [0.29, 0.717) is 29.7 Å². The Morgan fingerprint density at radius 1 is 1.50 bits per heavy atom. The molecule has 0 saturated carbocycles. The van der Waals surface area contributed by atoms with E-state index in [0.717, 1.165) is 30.7 Å². The van der Waals surface area contributed by atoms with E-state index >= 15 is 0 Å². The first-order valence-electron chi connectivity index (χ1n) is 8.64. The maximum absolute atomic E-state index is 12.8. The van der Waals surface area contributed by atoms with Crippen molar-refractivity contribution in [2.45, 2.75) is 19.4 Å². The van der Waals surface area contributed by atoms with Gasteiger partial charge in [-0.15, -0.1) is 0 Å². The lowest BCUT2D eigenvalue weighted by molar-refractivity contribution is -0.135. The molecule has 1 aliphatic heterocycles. The molecule has 1 atom stereocenters. The Morgan fingerprint density at radius 3 is 3.19 bits per heavy atom. The smallest absolute Gasteiger partial charge is 0.298 e. The summed E-state index contributed by atoms with van der Waals surface area (Å²) in [7, 11) is 1.81. The van der Waals surface area contributed by atoms with Crippen molar-refractivity contribution in [3.63, 3.8) is 0 Å². The second kappa shape index (κ2) is 6.99. The molecule has 8 heteroatoms. The minimum Gasteiger partial charge on any atom is -0.423 e. The van der Waals surface area contributed by atoms with Crippen molar-refractivity contribution in [1.82, 2.24) is 19.9 Å². The van der Waals surface area contributed by atoms with Crippen LogP contribution in [-0.4, -0.2) is 45.9 Å². The van der Waals surface area contributed by atoms with E-state index in [-0.39, 0.29) is 11.8 Å². The zero-order valence-corrected chi connectivity index (χ0v) is 15.2. The number of halogens is 1. The van der Waals surface area contributed by atoms with E-state index in [1.165, 1.54) is 0 Å². The molecule has 1 saturated heterocycles. The van der Waals surface area contributed by atoms with Crippen molar-refractivity contribution < 1.29 is 9.21 Å². The highest BCUT2D eigenvalue weighted by Crippen LogP contribution is 2.28. The molecule has 3 heterocycles. The summed E-state index contributed by atoms with van der Waals surface area (Å²) in [4.78, 5) is 28.3. The van der Waals surface area contributed by atoms with Crippen LogP contribution in [-0.2, 0) is 11.3 Å². The van der Waals surface area contributed by atoms with Crippen LogP contribution in [0, 0.1) is 5.92 Å². The number of hydrogen-bond acceptors (Lipinski definition) is 5. The Kier molecular flexibility index (Phi) is 4.55. The van der Waals surface area contributed by atoms with Crippen molar-refractivity contribution in [2.24, 2.45) is 5.92 Å². The molecule has 1 unspecified atom stereocenters. The molecule has 1 N–H and O–H groups in total. The fourth-order valence-corrected chi connectivity index (χ4v) is 3.54. The fraction of sp³-hybridized carbons (Fsp3) is 0.389. The fourth-order valence-electron chi connectivity index (χ4n) is 3.37. The summed E-state index contributed by atoms with van der Waals surface area (Å²) in [5, 5.41) is 0.628. The molecular weight excluding hydrogens is 354 g/mol. The predicted molar refractivity (Wildman–Crippen MR) is 99.0 cm³/mol. The van der Waals surface area contributed by atoms with Crippen LogP contribution in [0.15, 0.2) is 35.0 Å². The average molecular weight is 374 g/mol. The molecule has 1 aromatic carbocycles. The van der Waals surface area contributed by atoms with Gasteiger partial charge in [0, 0.05) is 37.6 Å². The number of oxazole rings is 1. The van der Waals surface area contributed by atoms with Gasteiger partial charge in [0.15, 0.2) is 5.58 Å². The molecule has 0 radical (unpaired) electrons. The average Bonchev–Trinajstić information content (AvgIpc) is 3.30. The third kappa shape index (κ3) is 3.39. The SMILES string of the molecule is CN(Cc1ncc[nH]1)C(=O)C1CCCN(c2nc3cc(Cl)ccc3o2)C1. The zero-order valence-electron chi connectivity index (χ0n) is 14.5. The molecule has 0 aliphatic carbocycles. The summed E-state index contributed by atoms with van der Waals surface area (Å²) in [6.07, 6.45) is 5.24. The molecule has 0 bridgehead atoms. The number of hydrogen-bond donors (Lipinski definition) is 1. The Bertz CT molecular complexity index is 908. The summed E-state index contributed by atoms with van der Waals surface area (Å²) in [6.45, 7) is 1.90. The van der Waals surface area contributed by atoms with E-state index < -0.39 is 0 Å². The molecule has 136 valence electrons. The highest BCUT2D eigenvalue weighted by molar-refractivity contribution is 6.31. The number of aromatic amines is 1. The number of amides is 1. The van der Waals surface area contributed by atoms with Gasteiger partial charge < -0.3 is 19.2 Å². The van der Waals surface area contributed by atoms with Gasteiger partial charge in [0.05, 0.1) is 12.5 Å². The second-order valence-corrected chi connectivity index (χ2v) is 7.06. The second-order valence-electron chi connectivity index (χ2n) is 6.62. The maximum Gasteiger partial charge on any atom is 0.298 e. The molecule has 1 amide bonds. The number of piperidine rings is 1. The molecular formula is C18H20ClN5O2. The van der Waals surface area contributed by atoms with Crippen molar-refractivity contribution >= 4 is 34.6 Å². The summed E-state index contributed by atoms with van der Waals surface area (Å²) in [5.41, 5.74) is 1.43. The summed E-state index contributed by atoms with van der Waals surface area (Å²) < 4.78 is 5.85. The maximum atomic E-state index is 12.8. The van der Waals surface area contributed by atoms with E-state index in [4.69, 9.17) is 16.0 Å². The number of fused-ring (bicyclic) bond motifs is 1. The van der Waals surface area contributed by atoms with Crippen molar-refractivity contribution in [3.8, 4) is 0 Å². The Morgan fingerprint density at radius 2 is 2.38 bits per heavy atom. The van der Waals surface area contributed by atoms with Crippen LogP contribution in [0.3, 0.4) is 0 Å². The highest BCUT2D eigenvalue weighted by Gasteiger charge is 2.30. The molecule has 26 heavy (non-hydrogen) atoms. The molecule has 7 nitrogen and oxygen atoms in total. The van der Waals surface area contributed by atoms with Crippen LogP contribution < -0.4 is 4.90 Å². The molecule has 4 rings (SSSR count). The molecule has 1 fully saturated rings. The Labute approximate surface area is 156 Å². The number of benzene rings is 1. The summed E-state index contributed by atoms with van der Waals surface area (Å²) >= 11 is 6.02. The van der Waals surface area contributed by atoms with Gasteiger partial charge in [-0.3, -0.25) is 4.79 Å². The van der Waals surface area contributed by atoms with E-state index in [2.05, 4.69) is 15.0 Å². The topological polar surface area (TPSA) is 78.3 Å². The number of aromatic nitrogens is 3. The number of carbonyl (C=O) groups is 1. The van der Waals surface area contributed by atoms with E-state index in [9.17, 15) is 4.79 Å². The standard InChI is InChI=1S/C18H20ClN5O2/c1-23(11-16-20-6-7-21-16)17(25)12-3-2-8-24(10-12)18-22-14-9-13(19)4-5-15(14)26-18/h4-7,9,12H,2-3,8,10-11H2,1H3,(H,20,21). The zero-order chi connectivity index (χ0) is 18.1. The van der Waals surface area contributed by atoms with Gasteiger partial charge >= 0.3 is 0 Å². The van der Waals surface area contributed by atoms with Crippen LogP contribution >= 0.6 is 11.6 Å². The lowest BCUT2D eigenvalue weighted by Crippen LogP contribution is -2.43. The Hall–Kier alpha value is -2.54. The van der Waals surface area contributed by atoms with Crippen LogP contribution in [0.4, 0.5) is 6.01 Å². The van der Waals surface area contributed by atoms with Crippen molar-refractivity contribution in [1.29, 1.82) is 0 Å². The van der Waals surface area contributed by atoms with Gasteiger partial charge in [0.1, 0.15) is 11.3 Å². The first kappa shape index (κ1) is 16.9. The van der Waals surface area contributed by atoms with Crippen molar-refractivity contribution in [3.05, 3.63) is 41.4 Å². The molecule has 2 aromatic heterocycles. The lowest BCUT2D eigenvalue weighted by Gasteiger charge is -2.32. The van der Waals surface area contributed by atoms with Gasteiger partial charge in [-0.1, -0.05) is 11.6 Å². The van der Waals surface area contributed by atoms with Crippen LogP contribution in [0.5, 0.6) is 0 Å². The number of imidazole rings is 1. The van der Waals surface area contributed by atoms with Gasteiger partial charge in [-0.05, 0) is 31.0 Å². The lowest BCUT2D eigenvalue weighted by atomic mass is 9.97. The number of nitrogens with one attached hydrogen (secondary N) is 1. The van der Waals surface area contributed by atoms with Gasteiger partial charge in [0.2, 0.25) is 5.91 Å². The van der Waals surface area contributed by atoms with Gasteiger partial charge in [-0.25, -0.2) is 4.98 Å². The number of nitrogens with zero attached hydrogens (tertiary/aromatic N) is 4. The van der Waals surface area contributed by atoms with Gasteiger partial charge in [-0.2, -0.15) is 4.98 Å². The minimum absolute atomic E-state index is 0.0812. The third-order valence-corrected chi connectivity index (χ3v) is 4.93. The summed E-state index contributed by atoms with van der Waals surface area (Å²) in [5.74, 6) is 0.817. The number of H-pyrrole nitrogens is 1. The Balaban J connectivity index is 1.46. The number of rotatable bonds is 4. The first-order valence-corrected chi connectivity index (χ1v) is 9.02. The molecule has 1 aliphatic rings. The van der Waals surface area contributed by atoms with E-state index in [1.54, 1.807) is 29.4 Å². The highest BCUT2D eigenvalue weighted by atomic mass is 35.5. The third-order valence-electron chi connectivity index (χ3n) is 4.70. The summed E-state index contributed by atoms with van der Waals surface area (Å²) in [6, 6.07) is 5.93. The largest absolute Gasteiger partial charge is 0.423 e. The number of carbonyl (C=O) groups excluding carboxylic acids is 1. The quantitative estimate of drug-likeness (QED) is 0.760.